The lowest BCUT2D eigenvalue weighted by Crippen LogP contribution is -2.31. The quantitative estimate of drug-likeness (QED) is 0.675. The number of carbonyl (C=O) groups excluding carboxylic acids is 1. The average Bonchev–Trinajstić information content (AvgIpc) is 2.79. The Morgan fingerprint density at radius 2 is 1.70 bits per heavy atom. The molecule has 3 rings (SSSR count). The van der Waals surface area contributed by atoms with E-state index < -0.39 is 23.4 Å². The topological polar surface area (TPSA) is 32.3 Å². The number of amides is 1. The van der Waals surface area contributed by atoms with Crippen molar-refractivity contribution in [1.29, 1.82) is 0 Å². The minimum Gasteiger partial charge on any atom is -0.327 e. The molecule has 1 aliphatic rings. The third-order valence-electron chi connectivity index (χ3n) is 3.25. The van der Waals surface area contributed by atoms with Crippen LogP contribution in [0.15, 0.2) is 48.2 Å². The van der Waals surface area contributed by atoms with Gasteiger partial charge in [-0.05, 0) is 36.5 Å². The number of para-hydroxylation sites is 1. The van der Waals surface area contributed by atoms with Crippen LogP contribution in [-0.4, -0.2) is 11.0 Å². The molecule has 3 nitrogen and oxygen atoms in total. The van der Waals surface area contributed by atoms with Crippen molar-refractivity contribution in [3.05, 3.63) is 71.2 Å². The first kappa shape index (κ1) is 15.2. The molecule has 0 aliphatic carbocycles. The molecular weight excluding hydrogens is 325 g/mol. The van der Waals surface area contributed by atoms with E-state index in [1.165, 1.54) is 30.3 Å². The van der Waals surface area contributed by atoms with Crippen molar-refractivity contribution in [3.8, 4) is 0 Å². The Morgan fingerprint density at radius 3 is 2.43 bits per heavy atom. The summed E-state index contributed by atoms with van der Waals surface area (Å²) in [6.45, 7) is 0. The number of rotatable bonds is 2. The molecule has 1 N–H and O–H groups in total. The molecule has 116 valence electrons. The lowest BCUT2D eigenvalue weighted by atomic mass is 10.1. The first-order chi connectivity index (χ1) is 11.0. The van der Waals surface area contributed by atoms with E-state index in [0.717, 1.165) is 17.0 Å². The van der Waals surface area contributed by atoms with E-state index in [1.807, 2.05) is 0 Å². The second-order valence-corrected chi connectivity index (χ2v) is 5.11. The van der Waals surface area contributed by atoms with Gasteiger partial charge in [-0.2, -0.15) is 0 Å². The van der Waals surface area contributed by atoms with Gasteiger partial charge in [0.15, 0.2) is 16.7 Å². The Morgan fingerprint density at radius 1 is 1.00 bits per heavy atom. The van der Waals surface area contributed by atoms with Crippen LogP contribution in [0, 0.1) is 17.5 Å². The minimum atomic E-state index is -1.08. The Labute approximate surface area is 135 Å². The van der Waals surface area contributed by atoms with E-state index in [-0.39, 0.29) is 22.1 Å². The zero-order valence-electron chi connectivity index (χ0n) is 11.5. The van der Waals surface area contributed by atoms with E-state index in [9.17, 15) is 18.0 Å². The summed E-state index contributed by atoms with van der Waals surface area (Å²) in [5.41, 5.74) is -0.195. The maximum Gasteiger partial charge on any atom is 0.281 e. The van der Waals surface area contributed by atoms with Gasteiger partial charge in [0.05, 0.1) is 5.69 Å². The standard InChI is InChI=1S/C16H9F3N2OS/c17-10-5-1-2-7-13(10)21-15(22)12(20-16(21)23)8-9-4-3-6-11(18)14(9)19/h1-8H,(H,20,23)/b12-8-. The molecule has 0 unspecified atom stereocenters. The molecule has 0 radical (unpaired) electrons. The van der Waals surface area contributed by atoms with Crippen molar-refractivity contribution in [2.45, 2.75) is 0 Å². The molecular formula is C16H9F3N2OS. The fourth-order valence-corrected chi connectivity index (χ4v) is 2.47. The van der Waals surface area contributed by atoms with Crippen LogP contribution in [0.3, 0.4) is 0 Å². The number of anilines is 1. The average molecular weight is 334 g/mol. The molecule has 0 saturated carbocycles. The number of nitrogens with zero attached hydrogens (tertiary/aromatic N) is 1. The van der Waals surface area contributed by atoms with Crippen LogP contribution in [0.25, 0.3) is 6.08 Å². The number of hydrogen-bond donors (Lipinski definition) is 1. The van der Waals surface area contributed by atoms with Crippen LogP contribution in [0.4, 0.5) is 18.9 Å². The van der Waals surface area contributed by atoms with Crippen molar-refractivity contribution < 1.29 is 18.0 Å². The predicted octanol–water partition coefficient (Wildman–Crippen LogP) is 3.37. The maximum atomic E-state index is 13.8. The first-order valence-electron chi connectivity index (χ1n) is 6.54. The minimum absolute atomic E-state index is 0.0156. The van der Waals surface area contributed by atoms with Gasteiger partial charge in [0.25, 0.3) is 5.91 Å². The van der Waals surface area contributed by atoms with E-state index in [4.69, 9.17) is 12.2 Å². The molecule has 1 fully saturated rings. The number of nitrogens with one attached hydrogen (secondary N) is 1. The van der Waals surface area contributed by atoms with Crippen molar-refractivity contribution >= 4 is 35.0 Å². The third-order valence-corrected chi connectivity index (χ3v) is 3.54. The van der Waals surface area contributed by atoms with Gasteiger partial charge in [0.1, 0.15) is 11.5 Å². The highest BCUT2D eigenvalue weighted by Gasteiger charge is 2.33. The summed E-state index contributed by atoms with van der Waals surface area (Å²) in [7, 11) is 0. The molecule has 0 spiro atoms. The highest BCUT2D eigenvalue weighted by Crippen LogP contribution is 2.25. The van der Waals surface area contributed by atoms with E-state index in [0.29, 0.717) is 0 Å². The van der Waals surface area contributed by atoms with Crippen LogP contribution in [-0.2, 0) is 4.79 Å². The molecule has 1 heterocycles. The lowest BCUT2D eigenvalue weighted by Gasteiger charge is -2.14. The summed E-state index contributed by atoms with van der Waals surface area (Å²) >= 11 is 5.03. The molecule has 1 aliphatic heterocycles. The zero-order valence-corrected chi connectivity index (χ0v) is 12.3. The van der Waals surface area contributed by atoms with Gasteiger partial charge in [-0.1, -0.05) is 24.3 Å². The normalized spacial score (nSPS) is 16.1. The summed E-state index contributed by atoms with van der Waals surface area (Å²) in [5, 5.41) is 2.55. The number of halogens is 3. The molecule has 1 amide bonds. The smallest absolute Gasteiger partial charge is 0.281 e. The Balaban J connectivity index is 2.00. The van der Waals surface area contributed by atoms with E-state index in [2.05, 4.69) is 5.32 Å². The van der Waals surface area contributed by atoms with Crippen LogP contribution in [0.2, 0.25) is 0 Å². The summed E-state index contributed by atoms with van der Waals surface area (Å²) in [5.74, 6) is -3.38. The van der Waals surface area contributed by atoms with Crippen molar-refractivity contribution in [2.24, 2.45) is 0 Å². The van der Waals surface area contributed by atoms with Gasteiger partial charge in [-0.15, -0.1) is 0 Å². The van der Waals surface area contributed by atoms with Gasteiger partial charge in [0.2, 0.25) is 0 Å². The molecule has 2 aromatic rings. The Kier molecular flexibility index (Phi) is 3.87. The summed E-state index contributed by atoms with van der Waals surface area (Å²) in [6, 6.07) is 9.23. The number of carbonyl (C=O) groups is 1. The SMILES string of the molecule is O=C1/C(=C/c2cccc(F)c2F)NC(=S)N1c1ccccc1F. The molecule has 2 aromatic carbocycles. The number of benzene rings is 2. The van der Waals surface area contributed by atoms with Crippen LogP contribution >= 0.6 is 12.2 Å². The second kappa shape index (κ2) is 5.85. The van der Waals surface area contributed by atoms with Gasteiger partial charge in [0, 0.05) is 5.56 Å². The third kappa shape index (κ3) is 2.70. The maximum absolute atomic E-state index is 13.8. The fourth-order valence-electron chi connectivity index (χ4n) is 2.17. The van der Waals surface area contributed by atoms with E-state index in [1.54, 1.807) is 6.07 Å². The molecule has 23 heavy (non-hydrogen) atoms. The summed E-state index contributed by atoms with van der Waals surface area (Å²) in [6.07, 6.45) is 1.13. The highest BCUT2D eigenvalue weighted by atomic mass is 32.1. The molecule has 7 heteroatoms. The predicted molar refractivity (Wildman–Crippen MR) is 84.0 cm³/mol. The van der Waals surface area contributed by atoms with Crippen molar-refractivity contribution in [2.75, 3.05) is 4.90 Å². The van der Waals surface area contributed by atoms with Crippen LogP contribution < -0.4 is 10.2 Å². The fraction of sp³-hybridized carbons (Fsp3) is 0. The summed E-state index contributed by atoms with van der Waals surface area (Å²) in [4.78, 5) is 13.4. The largest absolute Gasteiger partial charge is 0.327 e. The van der Waals surface area contributed by atoms with Crippen molar-refractivity contribution in [1.82, 2.24) is 5.32 Å². The highest BCUT2D eigenvalue weighted by molar-refractivity contribution is 7.80. The van der Waals surface area contributed by atoms with Gasteiger partial charge in [-0.3, -0.25) is 4.79 Å². The Hall–Kier alpha value is -2.67. The van der Waals surface area contributed by atoms with Gasteiger partial charge >= 0.3 is 0 Å². The Bertz CT molecular complexity index is 851. The molecule has 0 aromatic heterocycles. The van der Waals surface area contributed by atoms with Crippen LogP contribution in [0.5, 0.6) is 0 Å². The molecule has 0 atom stereocenters. The number of thiocarbonyl (C=S) groups is 1. The van der Waals surface area contributed by atoms with Crippen LogP contribution in [0.1, 0.15) is 5.56 Å². The molecule has 0 bridgehead atoms. The monoisotopic (exact) mass is 334 g/mol. The van der Waals surface area contributed by atoms with Gasteiger partial charge < -0.3 is 5.32 Å². The van der Waals surface area contributed by atoms with E-state index >= 15 is 0 Å². The first-order valence-corrected chi connectivity index (χ1v) is 6.95. The lowest BCUT2D eigenvalue weighted by molar-refractivity contribution is -0.113. The number of hydrogen-bond acceptors (Lipinski definition) is 2. The second-order valence-electron chi connectivity index (χ2n) is 4.72. The molecule has 1 saturated heterocycles. The van der Waals surface area contributed by atoms with Gasteiger partial charge in [-0.25, -0.2) is 18.1 Å². The zero-order chi connectivity index (χ0) is 16.6. The van der Waals surface area contributed by atoms with Crippen molar-refractivity contribution in [3.63, 3.8) is 0 Å². The summed E-state index contributed by atoms with van der Waals surface area (Å²) < 4.78 is 40.8.